The largest absolute Gasteiger partial charge is 0.478 e. The minimum atomic E-state index is -1.04. The molecule has 1 aliphatic heterocycles. The molecule has 25 heavy (non-hydrogen) atoms. The van der Waals surface area contributed by atoms with E-state index in [4.69, 9.17) is 21.1 Å². The highest BCUT2D eigenvalue weighted by Gasteiger charge is 2.25. The third-order valence-corrected chi connectivity index (χ3v) is 4.99. The molecule has 0 saturated heterocycles. The van der Waals surface area contributed by atoms with Crippen LogP contribution in [0.15, 0.2) is 47.1 Å². The van der Waals surface area contributed by atoms with Crippen LogP contribution in [0.1, 0.15) is 31.8 Å². The second-order valence-electron chi connectivity index (χ2n) is 6.02. The van der Waals surface area contributed by atoms with Gasteiger partial charge in [-0.25, -0.2) is 4.79 Å². The Morgan fingerprint density at radius 3 is 2.80 bits per heavy atom. The molecular weight excluding hydrogens is 342 g/mol. The maximum absolute atomic E-state index is 12.8. The molecule has 6 heteroatoms. The molecule has 126 valence electrons. The predicted octanol–water partition coefficient (Wildman–Crippen LogP) is 3.98. The third-order valence-electron chi connectivity index (χ3n) is 4.55. The number of fused-ring (bicyclic) bond motifs is 2. The van der Waals surface area contributed by atoms with Gasteiger partial charge in [-0.3, -0.25) is 4.79 Å². The van der Waals surface area contributed by atoms with Crippen LogP contribution in [0, 0.1) is 0 Å². The van der Waals surface area contributed by atoms with Crippen molar-refractivity contribution in [2.45, 2.75) is 13.0 Å². The molecule has 0 saturated carbocycles. The standard InChI is InChI=1S/C19H14ClNO4/c20-17-14-5-7-21(10-13(14)3-4-15(17)19(23)24)18(22)12-2-1-11-6-8-25-16(11)9-12/h1-4,6,8-9H,5,7,10H2,(H,23,24). The maximum Gasteiger partial charge on any atom is 0.337 e. The van der Waals surface area contributed by atoms with E-state index < -0.39 is 5.97 Å². The fourth-order valence-electron chi connectivity index (χ4n) is 3.22. The molecule has 1 amide bonds. The van der Waals surface area contributed by atoms with Gasteiger partial charge in [-0.1, -0.05) is 23.7 Å². The second-order valence-corrected chi connectivity index (χ2v) is 6.40. The molecule has 0 spiro atoms. The molecule has 1 aliphatic rings. The van der Waals surface area contributed by atoms with Crippen molar-refractivity contribution in [1.29, 1.82) is 0 Å². The highest BCUT2D eigenvalue weighted by molar-refractivity contribution is 6.34. The minimum Gasteiger partial charge on any atom is -0.478 e. The van der Waals surface area contributed by atoms with Crippen LogP contribution in [-0.2, 0) is 13.0 Å². The topological polar surface area (TPSA) is 70.8 Å². The highest BCUT2D eigenvalue weighted by Crippen LogP contribution is 2.30. The number of halogens is 1. The van der Waals surface area contributed by atoms with Crippen LogP contribution in [0.4, 0.5) is 0 Å². The van der Waals surface area contributed by atoms with Crippen molar-refractivity contribution < 1.29 is 19.1 Å². The number of benzene rings is 2. The Kier molecular flexibility index (Phi) is 3.73. The van der Waals surface area contributed by atoms with E-state index in [0.29, 0.717) is 30.7 Å². The second kappa shape index (κ2) is 5.93. The van der Waals surface area contributed by atoms with Crippen molar-refractivity contribution in [3.8, 4) is 0 Å². The number of carbonyl (C=O) groups is 2. The summed E-state index contributed by atoms with van der Waals surface area (Å²) in [4.78, 5) is 25.7. The van der Waals surface area contributed by atoms with Gasteiger partial charge in [0.15, 0.2) is 0 Å². The quantitative estimate of drug-likeness (QED) is 0.754. The molecule has 0 aliphatic carbocycles. The van der Waals surface area contributed by atoms with E-state index in [9.17, 15) is 9.59 Å². The van der Waals surface area contributed by atoms with Gasteiger partial charge in [-0.05, 0) is 41.8 Å². The van der Waals surface area contributed by atoms with Crippen LogP contribution in [0.25, 0.3) is 11.0 Å². The van der Waals surface area contributed by atoms with E-state index in [1.165, 1.54) is 6.07 Å². The van der Waals surface area contributed by atoms with Gasteiger partial charge in [0, 0.05) is 24.0 Å². The number of rotatable bonds is 2. The van der Waals surface area contributed by atoms with E-state index in [2.05, 4.69) is 0 Å². The summed E-state index contributed by atoms with van der Waals surface area (Å²) < 4.78 is 5.36. The Hall–Kier alpha value is -2.79. The van der Waals surface area contributed by atoms with Crippen molar-refractivity contribution in [3.63, 3.8) is 0 Å². The lowest BCUT2D eigenvalue weighted by atomic mass is 9.96. The van der Waals surface area contributed by atoms with Gasteiger partial charge in [0.2, 0.25) is 0 Å². The molecule has 4 rings (SSSR count). The number of carbonyl (C=O) groups excluding carboxylic acids is 1. The molecule has 0 unspecified atom stereocenters. The van der Waals surface area contributed by atoms with E-state index in [-0.39, 0.29) is 16.5 Å². The molecule has 1 N–H and O–H groups in total. The number of amides is 1. The fourth-order valence-corrected chi connectivity index (χ4v) is 3.58. The molecule has 5 nitrogen and oxygen atoms in total. The lowest BCUT2D eigenvalue weighted by Gasteiger charge is -2.30. The predicted molar refractivity (Wildman–Crippen MR) is 93.1 cm³/mol. The average Bonchev–Trinajstić information content (AvgIpc) is 3.08. The first kappa shape index (κ1) is 15.7. The first-order chi connectivity index (χ1) is 12.0. The molecular formula is C19H14ClNO4. The number of nitrogens with zero attached hydrogens (tertiary/aromatic N) is 1. The monoisotopic (exact) mass is 355 g/mol. The third kappa shape index (κ3) is 2.66. The zero-order chi connectivity index (χ0) is 17.6. The van der Waals surface area contributed by atoms with Crippen molar-refractivity contribution in [2.75, 3.05) is 6.54 Å². The summed E-state index contributed by atoms with van der Waals surface area (Å²) in [7, 11) is 0. The van der Waals surface area contributed by atoms with Crippen LogP contribution in [0.3, 0.4) is 0 Å². The Morgan fingerprint density at radius 2 is 2.00 bits per heavy atom. The number of aromatic carboxylic acids is 1. The Labute approximate surface area is 148 Å². The van der Waals surface area contributed by atoms with Gasteiger partial charge in [0.05, 0.1) is 16.8 Å². The van der Waals surface area contributed by atoms with Gasteiger partial charge >= 0.3 is 5.97 Å². The van der Waals surface area contributed by atoms with Gasteiger partial charge in [0.25, 0.3) is 5.91 Å². The van der Waals surface area contributed by atoms with E-state index in [1.54, 1.807) is 29.4 Å². The first-order valence-electron chi connectivity index (χ1n) is 7.84. The zero-order valence-corrected chi connectivity index (χ0v) is 13.9. The SMILES string of the molecule is O=C(O)c1ccc2c(c1Cl)CCN(C(=O)c1ccc3ccoc3c1)C2. The van der Waals surface area contributed by atoms with E-state index in [0.717, 1.165) is 16.5 Å². The summed E-state index contributed by atoms with van der Waals surface area (Å²) in [5.74, 6) is -1.12. The van der Waals surface area contributed by atoms with Crippen molar-refractivity contribution >= 4 is 34.4 Å². The lowest BCUT2D eigenvalue weighted by Crippen LogP contribution is -2.36. The molecule has 3 aromatic rings. The van der Waals surface area contributed by atoms with Crippen molar-refractivity contribution in [3.05, 3.63) is 69.9 Å². The van der Waals surface area contributed by atoms with Crippen LogP contribution < -0.4 is 0 Å². The summed E-state index contributed by atoms with van der Waals surface area (Å²) in [6.07, 6.45) is 2.13. The number of carboxylic acid groups (broad SMARTS) is 1. The smallest absolute Gasteiger partial charge is 0.337 e. The number of carboxylic acids is 1. The molecule has 2 aromatic carbocycles. The minimum absolute atomic E-state index is 0.0811. The summed E-state index contributed by atoms with van der Waals surface area (Å²) in [5.41, 5.74) is 3.04. The van der Waals surface area contributed by atoms with Gasteiger partial charge in [-0.2, -0.15) is 0 Å². The number of furan rings is 1. The van der Waals surface area contributed by atoms with Gasteiger partial charge in [-0.15, -0.1) is 0 Å². The summed E-state index contributed by atoms with van der Waals surface area (Å²) >= 11 is 6.22. The van der Waals surface area contributed by atoms with Gasteiger partial charge in [0.1, 0.15) is 5.58 Å². The lowest BCUT2D eigenvalue weighted by molar-refractivity contribution is 0.0692. The maximum atomic E-state index is 12.8. The Morgan fingerprint density at radius 1 is 1.16 bits per heavy atom. The fraction of sp³-hybridized carbons (Fsp3) is 0.158. The molecule has 2 heterocycles. The number of hydrogen-bond acceptors (Lipinski definition) is 3. The van der Waals surface area contributed by atoms with Crippen LogP contribution >= 0.6 is 11.6 Å². The molecule has 0 radical (unpaired) electrons. The highest BCUT2D eigenvalue weighted by atomic mass is 35.5. The summed E-state index contributed by atoms with van der Waals surface area (Å²) in [5, 5.41) is 10.4. The zero-order valence-electron chi connectivity index (χ0n) is 13.2. The van der Waals surface area contributed by atoms with E-state index in [1.807, 2.05) is 12.1 Å². The van der Waals surface area contributed by atoms with Crippen molar-refractivity contribution in [2.24, 2.45) is 0 Å². The van der Waals surface area contributed by atoms with Crippen LogP contribution in [0.5, 0.6) is 0 Å². The number of hydrogen-bond donors (Lipinski definition) is 1. The van der Waals surface area contributed by atoms with Gasteiger partial charge < -0.3 is 14.4 Å². The molecule has 0 fully saturated rings. The van der Waals surface area contributed by atoms with Crippen LogP contribution in [-0.4, -0.2) is 28.4 Å². The normalized spacial score (nSPS) is 13.7. The van der Waals surface area contributed by atoms with Crippen LogP contribution in [0.2, 0.25) is 5.02 Å². The summed E-state index contributed by atoms with van der Waals surface area (Å²) in [6, 6.07) is 10.5. The Balaban J connectivity index is 1.62. The molecule has 0 bridgehead atoms. The Bertz CT molecular complexity index is 1010. The average molecular weight is 356 g/mol. The molecule has 0 atom stereocenters. The molecule has 1 aromatic heterocycles. The van der Waals surface area contributed by atoms with E-state index >= 15 is 0 Å². The van der Waals surface area contributed by atoms with Crippen molar-refractivity contribution in [1.82, 2.24) is 4.90 Å². The first-order valence-corrected chi connectivity index (χ1v) is 8.22. The summed E-state index contributed by atoms with van der Waals surface area (Å²) in [6.45, 7) is 0.898.